The van der Waals surface area contributed by atoms with Crippen LogP contribution in [0.25, 0.3) is 0 Å². The lowest BCUT2D eigenvalue weighted by Crippen LogP contribution is -2.15. The summed E-state index contributed by atoms with van der Waals surface area (Å²) in [6, 6.07) is 0. The molecule has 4 nitrogen and oxygen atoms in total. The van der Waals surface area contributed by atoms with Gasteiger partial charge in [0.05, 0.1) is 12.7 Å². The van der Waals surface area contributed by atoms with Gasteiger partial charge >= 0.3 is 0 Å². The minimum absolute atomic E-state index is 0.236. The van der Waals surface area contributed by atoms with Gasteiger partial charge in [-0.1, -0.05) is 11.6 Å². The first-order chi connectivity index (χ1) is 8.11. The van der Waals surface area contributed by atoms with E-state index < -0.39 is 6.10 Å². The fourth-order valence-electron chi connectivity index (χ4n) is 1.38. The smallest absolute Gasteiger partial charge is 0.136 e. The zero-order valence-corrected chi connectivity index (χ0v) is 11.1. The topological polar surface area (TPSA) is 66.2 Å². The van der Waals surface area contributed by atoms with Crippen LogP contribution in [0.1, 0.15) is 30.1 Å². The van der Waals surface area contributed by atoms with Gasteiger partial charge in [-0.25, -0.2) is 9.97 Å². The maximum atomic E-state index is 9.32. The van der Waals surface area contributed by atoms with Crippen LogP contribution >= 0.6 is 23.4 Å². The highest BCUT2D eigenvalue weighted by molar-refractivity contribution is 7.99. The van der Waals surface area contributed by atoms with Gasteiger partial charge in [-0.05, 0) is 19.8 Å². The molecular formula is C11H15ClN2O2S. The molecule has 0 radical (unpaired) electrons. The second kappa shape index (κ2) is 5.52. The van der Waals surface area contributed by atoms with E-state index in [4.69, 9.17) is 16.7 Å². The first kappa shape index (κ1) is 13.1. The molecule has 1 aliphatic rings. The first-order valence-electron chi connectivity index (χ1n) is 5.57. The Balaban J connectivity index is 2.13. The van der Waals surface area contributed by atoms with Crippen molar-refractivity contribution in [1.82, 2.24) is 9.97 Å². The number of rotatable bonds is 5. The van der Waals surface area contributed by atoms with E-state index >= 15 is 0 Å². The van der Waals surface area contributed by atoms with Crippen molar-refractivity contribution >= 4 is 23.4 Å². The maximum Gasteiger partial charge on any atom is 0.136 e. The molecule has 0 saturated heterocycles. The molecule has 1 fully saturated rings. The minimum Gasteiger partial charge on any atom is -0.394 e. The lowest BCUT2D eigenvalue weighted by Gasteiger charge is -2.10. The van der Waals surface area contributed by atoms with Gasteiger partial charge in [-0.3, -0.25) is 0 Å². The number of halogens is 1. The van der Waals surface area contributed by atoms with Gasteiger partial charge in [0.15, 0.2) is 0 Å². The summed E-state index contributed by atoms with van der Waals surface area (Å²) in [7, 11) is 0. The molecule has 17 heavy (non-hydrogen) atoms. The summed E-state index contributed by atoms with van der Waals surface area (Å²) in [4.78, 5) is 8.75. The van der Waals surface area contributed by atoms with Crippen molar-refractivity contribution in [2.45, 2.75) is 36.8 Å². The largest absolute Gasteiger partial charge is 0.394 e. The monoisotopic (exact) mass is 274 g/mol. The SMILES string of the molecule is Cc1c(Cl)nc(C2CC2)nc1SCC(O)CO. The van der Waals surface area contributed by atoms with Crippen LogP contribution in [0.5, 0.6) is 0 Å². The number of aliphatic hydroxyl groups excluding tert-OH is 2. The second-order valence-electron chi connectivity index (χ2n) is 4.22. The Hall–Kier alpha value is -0.360. The van der Waals surface area contributed by atoms with Crippen LogP contribution < -0.4 is 0 Å². The van der Waals surface area contributed by atoms with Crippen LogP contribution in [0, 0.1) is 6.92 Å². The van der Waals surface area contributed by atoms with E-state index in [0.29, 0.717) is 16.8 Å². The van der Waals surface area contributed by atoms with Crippen LogP contribution in [-0.4, -0.2) is 38.6 Å². The lowest BCUT2D eigenvalue weighted by molar-refractivity contribution is 0.113. The van der Waals surface area contributed by atoms with E-state index in [1.165, 1.54) is 11.8 Å². The molecule has 2 N–H and O–H groups in total. The summed E-state index contributed by atoms with van der Waals surface area (Å²) in [5.74, 6) is 1.67. The average Bonchev–Trinajstić information content (AvgIpc) is 3.14. The molecular weight excluding hydrogens is 260 g/mol. The van der Waals surface area contributed by atoms with Crippen molar-refractivity contribution in [3.05, 3.63) is 16.5 Å². The molecule has 0 amide bonds. The van der Waals surface area contributed by atoms with Crippen molar-refractivity contribution in [3.63, 3.8) is 0 Å². The Morgan fingerprint density at radius 3 is 2.76 bits per heavy atom. The van der Waals surface area contributed by atoms with E-state index in [1.54, 1.807) is 0 Å². The molecule has 6 heteroatoms. The first-order valence-corrected chi connectivity index (χ1v) is 6.94. The molecule has 94 valence electrons. The van der Waals surface area contributed by atoms with E-state index in [-0.39, 0.29) is 6.61 Å². The Morgan fingerprint density at radius 2 is 2.18 bits per heavy atom. The van der Waals surface area contributed by atoms with Gasteiger partial charge in [-0.2, -0.15) is 0 Å². The van der Waals surface area contributed by atoms with Gasteiger partial charge < -0.3 is 10.2 Å². The van der Waals surface area contributed by atoms with E-state index in [9.17, 15) is 5.11 Å². The van der Waals surface area contributed by atoms with Crippen molar-refractivity contribution < 1.29 is 10.2 Å². The van der Waals surface area contributed by atoms with Crippen LogP contribution in [0.4, 0.5) is 0 Å². The quantitative estimate of drug-likeness (QED) is 0.633. The zero-order valence-electron chi connectivity index (χ0n) is 9.56. The average molecular weight is 275 g/mol. The van der Waals surface area contributed by atoms with E-state index in [1.807, 2.05) is 6.92 Å². The Labute approximate surface area is 109 Å². The Kier molecular flexibility index (Phi) is 4.25. The summed E-state index contributed by atoms with van der Waals surface area (Å²) in [5, 5.41) is 19.4. The van der Waals surface area contributed by atoms with Crippen LogP contribution in [0.2, 0.25) is 5.15 Å². The summed E-state index contributed by atoms with van der Waals surface area (Å²) in [6.45, 7) is 1.63. The van der Waals surface area contributed by atoms with Gasteiger partial charge in [-0.15, -0.1) is 11.8 Å². The van der Waals surface area contributed by atoms with Gasteiger partial charge in [0, 0.05) is 17.2 Å². The standard InChI is InChI=1S/C11H15ClN2O2S/c1-6-9(12)13-10(7-2-3-7)14-11(6)17-5-8(16)4-15/h7-8,15-16H,2-5H2,1H3. The molecule has 0 aromatic carbocycles. The number of hydrogen-bond acceptors (Lipinski definition) is 5. The van der Waals surface area contributed by atoms with Crippen molar-refractivity contribution in [3.8, 4) is 0 Å². The van der Waals surface area contributed by atoms with Crippen LogP contribution in [0.15, 0.2) is 5.03 Å². The fraction of sp³-hybridized carbons (Fsp3) is 0.636. The third-order valence-electron chi connectivity index (χ3n) is 2.62. The molecule has 1 saturated carbocycles. The Bertz CT molecular complexity index is 413. The van der Waals surface area contributed by atoms with Crippen molar-refractivity contribution in [1.29, 1.82) is 0 Å². The third kappa shape index (κ3) is 3.31. The number of aromatic nitrogens is 2. The molecule has 2 rings (SSSR count). The number of hydrogen-bond donors (Lipinski definition) is 2. The second-order valence-corrected chi connectivity index (χ2v) is 5.59. The van der Waals surface area contributed by atoms with Crippen molar-refractivity contribution in [2.75, 3.05) is 12.4 Å². The van der Waals surface area contributed by atoms with Gasteiger partial charge in [0.25, 0.3) is 0 Å². The molecule has 1 aromatic heterocycles. The van der Waals surface area contributed by atoms with Crippen molar-refractivity contribution in [2.24, 2.45) is 0 Å². The highest BCUT2D eigenvalue weighted by Crippen LogP contribution is 2.39. The molecule has 1 atom stereocenters. The van der Waals surface area contributed by atoms with E-state index in [2.05, 4.69) is 9.97 Å². The van der Waals surface area contributed by atoms with Gasteiger partial charge in [0.1, 0.15) is 16.0 Å². The third-order valence-corrected chi connectivity index (χ3v) is 4.22. The predicted octanol–water partition coefficient (Wildman–Crippen LogP) is 1.76. The number of nitrogens with zero attached hydrogens (tertiary/aromatic N) is 2. The summed E-state index contributed by atoms with van der Waals surface area (Å²) < 4.78 is 0. The number of thioether (sulfide) groups is 1. The van der Waals surface area contributed by atoms with Gasteiger partial charge in [0.2, 0.25) is 0 Å². The minimum atomic E-state index is -0.725. The summed E-state index contributed by atoms with van der Waals surface area (Å²) in [6.07, 6.45) is 1.53. The molecule has 0 spiro atoms. The highest BCUT2D eigenvalue weighted by atomic mass is 35.5. The molecule has 0 aliphatic heterocycles. The van der Waals surface area contributed by atoms with Crippen LogP contribution in [-0.2, 0) is 0 Å². The summed E-state index contributed by atoms with van der Waals surface area (Å²) in [5.41, 5.74) is 0.839. The highest BCUT2D eigenvalue weighted by Gasteiger charge is 2.28. The Morgan fingerprint density at radius 1 is 1.47 bits per heavy atom. The molecule has 1 aromatic rings. The van der Waals surface area contributed by atoms with Crippen LogP contribution in [0.3, 0.4) is 0 Å². The molecule has 1 heterocycles. The normalized spacial score (nSPS) is 17.2. The van der Waals surface area contributed by atoms with E-state index in [0.717, 1.165) is 29.3 Å². The molecule has 1 aliphatic carbocycles. The predicted molar refractivity (Wildman–Crippen MR) is 67.6 cm³/mol. The maximum absolute atomic E-state index is 9.32. The lowest BCUT2D eigenvalue weighted by atomic mass is 10.3. The zero-order chi connectivity index (χ0) is 12.4. The number of aliphatic hydroxyl groups is 2. The summed E-state index contributed by atoms with van der Waals surface area (Å²) >= 11 is 7.47. The fourth-order valence-corrected chi connectivity index (χ4v) is 2.54. The molecule has 1 unspecified atom stereocenters. The molecule has 0 bridgehead atoms.